The van der Waals surface area contributed by atoms with Crippen molar-refractivity contribution in [3.05, 3.63) is 35.5 Å². The summed E-state index contributed by atoms with van der Waals surface area (Å²) in [6, 6.07) is 6.60. The van der Waals surface area contributed by atoms with Gasteiger partial charge in [-0.1, -0.05) is 18.2 Å². The van der Waals surface area contributed by atoms with E-state index in [1.54, 1.807) is 24.3 Å². The van der Waals surface area contributed by atoms with E-state index in [4.69, 9.17) is 0 Å². The summed E-state index contributed by atoms with van der Waals surface area (Å²) < 4.78 is 39.0. The van der Waals surface area contributed by atoms with Gasteiger partial charge in [-0.15, -0.1) is 0 Å². The van der Waals surface area contributed by atoms with Crippen LogP contribution in [0.3, 0.4) is 0 Å². The molecule has 5 nitrogen and oxygen atoms in total. The molecule has 8 heteroatoms. The van der Waals surface area contributed by atoms with Crippen molar-refractivity contribution in [2.24, 2.45) is 7.05 Å². The first-order valence-corrected chi connectivity index (χ1v) is 6.27. The Morgan fingerprint density at radius 3 is 2.45 bits per heavy atom. The van der Waals surface area contributed by atoms with Gasteiger partial charge in [0.15, 0.2) is 5.78 Å². The van der Waals surface area contributed by atoms with Gasteiger partial charge in [-0.25, -0.2) is 0 Å². The standard InChI is InChI=1S/C14H9F3N2O3/c1-18-8-5-3-2-4-7(8)10-9(20)6-19(12(21)11(10)18)13(22)14(15,16)17/h2-5H,6H2,1H3. The highest BCUT2D eigenvalue weighted by Gasteiger charge is 2.48. The van der Waals surface area contributed by atoms with Crippen molar-refractivity contribution in [1.82, 2.24) is 9.47 Å². The number of imide groups is 1. The van der Waals surface area contributed by atoms with Crippen molar-refractivity contribution in [1.29, 1.82) is 0 Å². The van der Waals surface area contributed by atoms with Crippen LogP contribution in [0.2, 0.25) is 0 Å². The number of aromatic nitrogens is 1. The molecule has 0 atom stereocenters. The highest BCUT2D eigenvalue weighted by atomic mass is 19.4. The third-order valence-electron chi connectivity index (χ3n) is 3.62. The fourth-order valence-electron chi connectivity index (χ4n) is 2.67. The van der Waals surface area contributed by atoms with Crippen molar-refractivity contribution in [2.45, 2.75) is 6.18 Å². The largest absolute Gasteiger partial charge is 0.471 e. The van der Waals surface area contributed by atoms with Gasteiger partial charge in [-0.05, 0) is 6.07 Å². The zero-order valence-electron chi connectivity index (χ0n) is 11.3. The zero-order chi connectivity index (χ0) is 16.2. The van der Waals surface area contributed by atoms with Crippen molar-refractivity contribution in [2.75, 3.05) is 6.54 Å². The maximum absolute atomic E-state index is 12.6. The number of rotatable bonds is 0. The predicted octanol–water partition coefficient (Wildman–Crippen LogP) is 1.91. The average molecular weight is 310 g/mol. The number of Topliss-reactive ketones (excluding diaryl/α,β-unsaturated/α-hetero) is 1. The number of ketones is 1. The quantitative estimate of drug-likeness (QED) is 0.747. The van der Waals surface area contributed by atoms with Crippen LogP contribution < -0.4 is 0 Å². The summed E-state index contributed by atoms with van der Waals surface area (Å²) in [6.45, 7) is -0.905. The summed E-state index contributed by atoms with van der Waals surface area (Å²) in [5.41, 5.74) is 0.403. The molecule has 0 spiro atoms. The monoisotopic (exact) mass is 310 g/mol. The molecule has 0 saturated heterocycles. The third kappa shape index (κ3) is 1.83. The number of amides is 2. The Morgan fingerprint density at radius 1 is 1.18 bits per heavy atom. The number of hydrogen-bond acceptors (Lipinski definition) is 3. The number of carbonyl (C=O) groups is 3. The Hall–Kier alpha value is -2.64. The van der Waals surface area contributed by atoms with Crippen LogP contribution in [0.4, 0.5) is 13.2 Å². The van der Waals surface area contributed by atoms with Crippen LogP contribution in [0.25, 0.3) is 10.9 Å². The smallest absolute Gasteiger partial charge is 0.339 e. The van der Waals surface area contributed by atoms with Crippen molar-refractivity contribution in [3.8, 4) is 0 Å². The lowest BCUT2D eigenvalue weighted by Gasteiger charge is -2.25. The lowest BCUT2D eigenvalue weighted by molar-refractivity contribution is -0.182. The number of halogens is 3. The molecule has 0 N–H and O–H groups in total. The molecule has 3 rings (SSSR count). The summed E-state index contributed by atoms with van der Waals surface area (Å²) in [5, 5.41) is 0.484. The number of nitrogens with zero attached hydrogens (tertiary/aromatic N) is 2. The molecule has 1 aliphatic heterocycles. The third-order valence-corrected chi connectivity index (χ3v) is 3.62. The van der Waals surface area contributed by atoms with Crippen LogP contribution in [0.5, 0.6) is 0 Å². The van der Waals surface area contributed by atoms with E-state index in [1.807, 2.05) is 0 Å². The lowest BCUT2D eigenvalue weighted by atomic mass is 10.0. The maximum atomic E-state index is 12.6. The van der Waals surface area contributed by atoms with Crippen molar-refractivity contribution in [3.63, 3.8) is 0 Å². The molecule has 2 amide bonds. The zero-order valence-corrected chi connectivity index (χ0v) is 11.3. The van der Waals surface area contributed by atoms with E-state index < -0.39 is 30.3 Å². The molecule has 114 valence electrons. The second-order valence-corrected chi connectivity index (χ2v) is 4.92. The van der Waals surface area contributed by atoms with Gasteiger partial charge in [0.25, 0.3) is 5.91 Å². The highest BCUT2D eigenvalue weighted by molar-refractivity contribution is 6.24. The van der Waals surface area contributed by atoms with E-state index in [2.05, 4.69) is 0 Å². The minimum absolute atomic E-state index is 0.0520. The molecular weight excluding hydrogens is 301 g/mol. The molecule has 0 aliphatic carbocycles. The first-order chi connectivity index (χ1) is 10.2. The van der Waals surface area contributed by atoms with E-state index in [1.165, 1.54) is 11.6 Å². The van der Waals surface area contributed by atoms with Gasteiger partial charge in [0, 0.05) is 18.0 Å². The number of carbonyl (C=O) groups excluding carboxylic acids is 3. The van der Waals surface area contributed by atoms with Gasteiger partial charge in [0.2, 0.25) is 0 Å². The molecule has 0 saturated carbocycles. The first kappa shape index (κ1) is 14.3. The maximum Gasteiger partial charge on any atom is 0.471 e. The minimum Gasteiger partial charge on any atom is -0.339 e. The number of benzene rings is 1. The Labute approximate surface area is 121 Å². The SMILES string of the molecule is Cn1c2c(c3ccccc31)C(=O)CN(C(=O)C(F)(F)F)C2=O. The predicted molar refractivity (Wildman–Crippen MR) is 69.3 cm³/mol. The average Bonchev–Trinajstić information content (AvgIpc) is 2.76. The summed E-state index contributed by atoms with van der Waals surface area (Å²) in [4.78, 5) is 35.7. The van der Waals surface area contributed by atoms with Crippen molar-refractivity contribution < 1.29 is 27.6 Å². The Balaban J connectivity index is 2.22. The van der Waals surface area contributed by atoms with E-state index in [-0.39, 0.29) is 16.2 Å². The lowest BCUT2D eigenvalue weighted by Crippen LogP contribution is -2.50. The molecule has 0 bridgehead atoms. The van der Waals surface area contributed by atoms with Gasteiger partial charge in [0.1, 0.15) is 5.69 Å². The van der Waals surface area contributed by atoms with Crippen LogP contribution in [-0.2, 0) is 11.8 Å². The molecule has 22 heavy (non-hydrogen) atoms. The van der Waals surface area contributed by atoms with Crippen molar-refractivity contribution >= 4 is 28.5 Å². The molecular formula is C14H9F3N2O3. The number of hydrogen-bond donors (Lipinski definition) is 0. The Kier molecular flexibility index (Phi) is 2.88. The fraction of sp³-hybridized carbons (Fsp3) is 0.214. The number of alkyl halides is 3. The normalized spacial score (nSPS) is 15.4. The molecule has 1 aliphatic rings. The summed E-state index contributed by atoms with van der Waals surface area (Å²) in [5.74, 6) is -4.14. The number of aryl methyl sites for hydroxylation is 1. The Morgan fingerprint density at radius 2 is 1.82 bits per heavy atom. The van der Waals surface area contributed by atoms with E-state index >= 15 is 0 Å². The van der Waals surface area contributed by atoms with Gasteiger partial charge in [-0.2, -0.15) is 13.2 Å². The summed E-state index contributed by atoms with van der Waals surface area (Å²) in [7, 11) is 1.47. The Bertz CT molecular complexity index is 836. The minimum atomic E-state index is -5.21. The molecule has 1 aromatic carbocycles. The van der Waals surface area contributed by atoms with Gasteiger partial charge < -0.3 is 4.57 Å². The molecule has 2 heterocycles. The summed E-state index contributed by atoms with van der Waals surface area (Å²) in [6.07, 6.45) is -5.21. The second-order valence-electron chi connectivity index (χ2n) is 4.92. The fourth-order valence-corrected chi connectivity index (χ4v) is 2.67. The van der Waals surface area contributed by atoms with Crippen LogP contribution in [0, 0.1) is 0 Å². The van der Waals surface area contributed by atoms with Gasteiger partial charge in [-0.3, -0.25) is 19.3 Å². The molecule has 2 aromatic rings. The van der Waals surface area contributed by atoms with E-state index in [0.29, 0.717) is 10.9 Å². The highest BCUT2D eigenvalue weighted by Crippen LogP contribution is 2.31. The van der Waals surface area contributed by atoms with E-state index in [9.17, 15) is 27.6 Å². The molecule has 0 fully saturated rings. The van der Waals surface area contributed by atoms with Crippen LogP contribution in [-0.4, -0.2) is 39.8 Å². The van der Waals surface area contributed by atoms with Crippen LogP contribution in [0.1, 0.15) is 20.8 Å². The topological polar surface area (TPSA) is 59.4 Å². The molecule has 0 radical (unpaired) electrons. The van der Waals surface area contributed by atoms with Gasteiger partial charge >= 0.3 is 12.1 Å². The summed E-state index contributed by atoms with van der Waals surface area (Å²) >= 11 is 0. The molecule has 0 unspecified atom stereocenters. The first-order valence-electron chi connectivity index (χ1n) is 6.27. The van der Waals surface area contributed by atoms with E-state index in [0.717, 1.165) is 0 Å². The number of para-hydroxylation sites is 1. The number of fused-ring (bicyclic) bond motifs is 3. The van der Waals surface area contributed by atoms with Crippen LogP contribution in [0.15, 0.2) is 24.3 Å². The van der Waals surface area contributed by atoms with Crippen LogP contribution >= 0.6 is 0 Å². The second kappa shape index (κ2) is 4.43. The molecule has 1 aromatic heterocycles. The van der Waals surface area contributed by atoms with Gasteiger partial charge in [0.05, 0.1) is 12.1 Å².